The molecule has 0 saturated carbocycles. The Morgan fingerprint density at radius 2 is 2.17 bits per heavy atom. The molecule has 0 fully saturated rings. The molecule has 0 saturated heterocycles. The van der Waals surface area contributed by atoms with E-state index in [0.717, 1.165) is 33.5 Å². The molecule has 0 spiro atoms. The van der Waals surface area contributed by atoms with Crippen LogP contribution in [0.3, 0.4) is 0 Å². The summed E-state index contributed by atoms with van der Waals surface area (Å²) < 4.78 is 4.14. The molecule has 0 aliphatic rings. The minimum atomic E-state index is 0.881. The number of imidazole rings is 1. The minimum Gasteiger partial charge on any atom is -0.355 e. The van der Waals surface area contributed by atoms with E-state index in [-0.39, 0.29) is 0 Å². The fraction of sp³-hybridized carbons (Fsp3) is 0.308. The fourth-order valence-electron chi connectivity index (χ4n) is 1.68. The molecular weight excluding hydrogens is 358 g/mol. The van der Waals surface area contributed by atoms with Crippen molar-refractivity contribution in [2.45, 2.75) is 19.8 Å². The molecule has 18 heavy (non-hydrogen) atoms. The van der Waals surface area contributed by atoms with Crippen molar-refractivity contribution in [3.05, 3.63) is 39.5 Å². The average molecular weight is 373 g/mol. The number of halogens is 2. The summed E-state index contributed by atoms with van der Waals surface area (Å²) in [5.74, 6) is 0.881. The smallest absolute Gasteiger partial charge is 0.207 e. The van der Waals surface area contributed by atoms with Crippen molar-refractivity contribution < 1.29 is 0 Å². The first-order valence-corrected chi connectivity index (χ1v) is 7.53. The second-order valence-corrected chi connectivity index (χ2v) is 5.77. The van der Waals surface area contributed by atoms with Crippen LogP contribution in [0.4, 0.5) is 5.95 Å². The molecule has 2 rings (SSSR count). The zero-order chi connectivity index (χ0) is 13.0. The first kappa shape index (κ1) is 13.6. The van der Waals surface area contributed by atoms with Crippen LogP contribution in [0.2, 0.25) is 0 Å². The molecule has 96 valence electrons. The number of benzene rings is 1. The van der Waals surface area contributed by atoms with Gasteiger partial charge in [0.25, 0.3) is 0 Å². The number of unbranched alkanes of at least 4 members (excludes halogenated alkanes) is 1. The number of aromatic nitrogens is 2. The van der Waals surface area contributed by atoms with Gasteiger partial charge in [-0.25, -0.2) is 4.98 Å². The average Bonchev–Trinajstić information content (AvgIpc) is 2.78. The molecule has 0 aliphatic heterocycles. The zero-order valence-corrected chi connectivity index (χ0v) is 13.3. The summed E-state index contributed by atoms with van der Waals surface area (Å²) in [4.78, 5) is 4.35. The highest BCUT2D eigenvalue weighted by Gasteiger charge is 2.07. The number of hydrogen-bond acceptors (Lipinski definition) is 2. The van der Waals surface area contributed by atoms with Gasteiger partial charge in [-0.2, -0.15) is 0 Å². The molecule has 0 aliphatic carbocycles. The Balaban J connectivity index is 2.25. The van der Waals surface area contributed by atoms with E-state index in [1.54, 1.807) is 0 Å². The van der Waals surface area contributed by atoms with E-state index < -0.39 is 0 Å². The van der Waals surface area contributed by atoms with Gasteiger partial charge in [-0.1, -0.05) is 29.3 Å². The second-order valence-electron chi connectivity index (χ2n) is 4.00. The standard InChI is InChI=1S/C13H15Br2N3/c1-2-3-6-16-13-17-7-8-18(13)12-5-4-10(14)9-11(12)15/h4-5,7-9H,2-3,6H2,1H3,(H,16,17). The van der Waals surface area contributed by atoms with E-state index in [2.05, 4.69) is 55.2 Å². The van der Waals surface area contributed by atoms with E-state index in [1.807, 2.05) is 29.1 Å². The lowest BCUT2D eigenvalue weighted by molar-refractivity contribution is 0.823. The summed E-state index contributed by atoms with van der Waals surface area (Å²) in [6.07, 6.45) is 6.09. The molecule has 1 heterocycles. The molecule has 1 aromatic carbocycles. The zero-order valence-electron chi connectivity index (χ0n) is 10.2. The van der Waals surface area contributed by atoms with Gasteiger partial charge in [0.1, 0.15) is 0 Å². The predicted molar refractivity (Wildman–Crippen MR) is 82.4 cm³/mol. The summed E-state index contributed by atoms with van der Waals surface area (Å²) in [5.41, 5.74) is 1.08. The van der Waals surface area contributed by atoms with Crippen LogP contribution in [-0.2, 0) is 0 Å². The normalized spacial score (nSPS) is 10.6. The molecule has 1 N–H and O–H groups in total. The van der Waals surface area contributed by atoms with Crippen LogP contribution in [0.15, 0.2) is 39.5 Å². The van der Waals surface area contributed by atoms with Gasteiger partial charge in [-0.3, -0.25) is 4.57 Å². The molecule has 0 bridgehead atoms. The monoisotopic (exact) mass is 371 g/mol. The summed E-state index contributed by atoms with van der Waals surface area (Å²) in [5, 5.41) is 3.35. The van der Waals surface area contributed by atoms with Gasteiger partial charge in [0, 0.05) is 27.9 Å². The Bertz CT molecular complexity index is 523. The third-order valence-corrected chi connectivity index (χ3v) is 3.75. The molecule has 0 amide bonds. The van der Waals surface area contributed by atoms with Gasteiger partial charge >= 0.3 is 0 Å². The molecule has 1 aromatic heterocycles. The van der Waals surface area contributed by atoms with Gasteiger partial charge in [-0.05, 0) is 40.5 Å². The van der Waals surface area contributed by atoms with Gasteiger partial charge in [-0.15, -0.1) is 0 Å². The highest BCUT2D eigenvalue weighted by atomic mass is 79.9. The number of rotatable bonds is 5. The first-order valence-electron chi connectivity index (χ1n) is 5.95. The Labute approximate surface area is 124 Å². The predicted octanol–water partition coefficient (Wildman–Crippen LogP) is 4.61. The minimum absolute atomic E-state index is 0.881. The van der Waals surface area contributed by atoms with Crippen molar-refractivity contribution in [3.8, 4) is 5.69 Å². The summed E-state index contributed by atoms with van der Waals surface area (Å²) in [6, 6.07) is 6.11. The largest absolute Gasteiger partial charge is 0.355 e. The first-order chi connectivity index (χ1) is 8.72. The number of nitrogens with one attached hydrogen (secondary N) is 1. The van der Waals surface area contributed by atoms with Crippen LogP contribution in [0.25, 0.3) is 5.69 Å². The van der Waals surface area contributed by atoms with Crippen LogP contribution in [0.1, 0.15) is 19.8 Å². The van der Waals surface area contributed by atoms with Crippen molar-refractivity contribution in [1.82, 2.24) is 9.55 Å². The molecule has 0 atom stereocenters. The molecule has 3 nitrogen and oxygen atoms in total. The lowest BCUT2D eigenvalue weighted by atomic mass is 10.3. The summed E-state index contributed by atoms with van der Waals surface area (Å²) >= 11 is 7.04. The lowest BCUT2D eigenvalue weighted by Crippen LogP contribution is -2.07. The van der Waals surface area contributed by atoms with Gasteiger partial charge in [0.2, 0.25) is 5.95 Å². The van der Waals surface area contributed by atoms with Crippen LogP contribution in [0, 0.1) is 0 Å². The van der Waals surface area contributed by atoms with E-state index in [1.165, 1.54) is 6.42 Å². The SMILES string of the molecule is CCCCNc1nccn1-c1ccc(Br)cc1Br. The third kappa shape index (κ3) is 3.14. The maximum Gasteiger partial charge on any atom is 0.207 e. The Hall–Kier alpha value is -0.810. The van der Waals surface area contributed by atoms with E-state index >= 15 is 0 Å². The van der Waals surface area contributed by atoms with Crippen molar-refractivity contribution in [1.29, 1.82) is 0 Å². The maximum atomic E-state index is 4.35. The van der Waals surface area contributed by atoms with Gasteiger partial charge in [0.15, 0.2) is 0 Å². The second kappa shape index (κ2) is 6.38. The number of hydrogen-bond donors (Lipinski definition) is 1. The fourth-order valence-corrected chi connectivity index (χ4v) is 2.92. The van der Waals surface area contributed by atoms with Crippen LogP contribution in [-0.4, -0.2) is 16.1 Å². The number of nitrogens with zero attached hydrogens (tertiary/aromatic N) is 2. The highest BCUT2D eigenvalue weighted by molar-refractivity contribution is 9.11. The van der Waals surface area contributed by atoms with E-state index in [4.69, 9.17) is 0 Å². The maximum absolute atomic E-state index is 4.35. The molecular formula is C13H15Br2N3. The topological polar surface area (TPSA) is 29.9 Å². The van der Waals surface area contributed by atoms with Crippen molar-refractivity contribution in [2.75, 3.05) is 11.9 Å². The Morgan fingerprint density at radius 1 is 1.33 bits per heavy atom. The van der Waals surface area contributed by atoms with Gasteiger partial charge < -0.3 is 5.32 Å². The lowest BCUT2D eigenvalue weighted by Gasteiger charge is -2.11. The summed E-state index contributed by atoms with van der Waals surface area (Å²) in [6.45, 7) is 3.13. The van der Waals surface area contributed by atoms with E-state index in [9.17, 15) is 0 Å². The van der Waals surface area contributed by atoms with Crippen LogP contribution < -0.4 is 5.32 Å². The van der Waals surface area contributed by atoms with Crippen molar-refractivity contribution in [2.24, 2.45) is 0 Å². The van der Waals surface area contributed by atoms with Crippen molar-refractivity contribution >= 4 is 37.8 Å². The van der Waals surface area contributed by atoms with Crippen molar-refractivity contribution in [3.63, 3.8) is 0 Å². The summed E-state index contributed by atoms with van der Waals surface area (Å²) in [7, 11) is 0. The quantitative estimate of drug-likeness (QED) is 0.776. The van der Waals surface area contributed by atoms with Crippen LogP contribution in [0.5, 0.6) is 0 Å². The molecule has 2 aromatic rings. The number of anilines is 1. The Kier molecular flexibility index (Phi) is 4.83. The van der Waals surface area contributed by atoms with Crippen LogP contribution >= 0.6 is 31.9 Å². The molecule has 5 heteroatoms. The Morgan fingerprint density at radius 3 is 2.89 bits per heavy atom. The highest BCUT2D eigenvalue weighted by Crippen LogP contribution is 2.27. The third-order valence-electron chi connectivity index (χ3n) is 2.62. The molecule has 0 unspecified atom stereocenters. The van der Waals surface area contributed by atoms with E-state index in [0.29, 0.717) is 0 Å². The van der Waals surface area contributed by atoms with Gasteiger partial charge in [0.05, 0.1) is 5.69 Å². The molecule has 0 radical (unpaired) electrons.